The van der Waals surface area contributed by atoms with Gasteiger partial charge >= 0.3 is 0 Å². The van der Waals surface area contributed by atoms with Crippen LogP contribution in [0.3, 0.4) is 0 Å². The Morgan fingerprint density at radius 1 is 1.42 bits per heavy atom. The van der Waals surface area contributed by atoms with E-state index in [9.17, 15) is 5.11 Å². The van der Waals surface area contributed by atoms with Crippen molar-refractivity contribution < 1.29 is 9.84 Å². The van der Waals surface area contributed by atoms with Crippen molar-refractivity contribution in [1.29, 1.82) is 0 Å². The van der Waals surface area contributed by atoms with E-state index < -0.39 is 5.60 Å². The summed E-state index contributed by atoms with van der Waals surface area (Å²) in [5.41, 5.74) is 0.518. The summed E-state index contributed by atoms with van der Waals surface area (Å²) in [6, 6.07) is 4.12. The molecule has 5 nitrogen and oxygen atoms in total. The summed E-state index contributed by atoms with van der Waals surface area (Å²) in [5.74, 6) is 0. The second-order valence-corrected chi connectivity index (χ2v) is 5.60. The fourth-order valence-corrected chi connectivity index (χ4v) is 2.44. The summed E-state index contributed by atoms with van der Waals surface area (Å²) < 4.78 is 7.40. The Labute approximate surface area is 115 Å². The average molecular weight is 267 g/mol. The Hall–Kier alpha value is -0.880. The van der Waals surface area contributed by atoms with Gasteiger partial charge in [-0.05, 0) is 19.1 Å². The van der Waals surface area contributed by atoms with Gasteiger partial charge in [-0.2, -0.15) is 0 Å². The Bertz CT molecular complexity index is 384. The molecular formula is C14H25N3O2. The second-order valence-electron chi connectivity index (χ2n) is 5.60. The van der Waals surface area contributed by atoms with Gasteiger partial charge in [-0.15, -0.1) is 0 Å². The first-order chi connectivity index (χ1) is 9.07. The maximum atomic E-state index is 10.4. The molecule has 0 radical (unpaired) electrons. The molecule has 0 spiro atoms. The van der Waals surface area contributed by atoms with E-state index in [2.05, 4.69) is 20.9 Å². The van der Waals surface area contributed by atoms with E-state index in [1.54, 1.807) is 0 Å². The molecule has 1 aliphatic heterocycles. The van der Waals surface area contributed by atoms with Crippen molar-refractivity contribution in [2.45, 2.75) is 19.1 Å². The van der Waals surface area contributed by atoms with Gasteiger partial charge in [0.25, 0.3) is 0 Å². The molecule has 1 aromatic heterocycles. The highest BCUT2D eigenvalue weighted by Crippen LogP contribution is 2.08. The average Bonchev–Trinajstić information content (AvgIpc) is 2.76. The molecule has 1 aromatic rings. The topological polar surface area (TPSA) is 49.7 Å². The van der Waals surface area contributed by atoms with Crippen LogP contribution < -0.4 is 5.32 Å². The SMILES string of the molecule is Cn1cccc1CNCC(C)(O)CN1CCOCC1. The van der Waals surface area contributed by atoms with Gasteiger partial charge < -0.3 is 19.7 Å². The molecule has 0 saturated carbocycles. The van der Waals surface area contributed by atoms with Crippen LogP contribution in [0.4, 0.5) is 0 Å². The van der Waals surface area contributed by atoms with Gasteiger partial charge in [-0.25, -0.2) is 0 Å². The molecule has 0 amide bonds. The zero-order valence-electron chi connectivity index (χ0n) is 11.9. The lowest BCUT2D eigenvalue weighted by Crippen LogP contribution is -2.50. The number of aryl methyl sites for hydroxylation is 1. The lowest BCUT2D eigenvalue weighted by molar-refractivity contribution is -0.0219. The zero-order chi connectivity index (χ0) is 13.7. The van der Waals surface area contributed by atoms with Crippen LogP contribution in [-0.4, -0.2) is 59.6 Å². The van der Waals surface area contributed by atoms with Crippen molar-refractivity contribution in [3.8, 4) is 0 Å². The summed E-state index contributed by atoms with van der Waals surface area (Å²) in [6.07, 6.45) is 2.03. The van der Waals surface area contributed by atoms with Crippen LogP contribution in [0.1, 0.15) is 12.6 Å². The predicted molar refractivity (Wildman–Crippen MR) is 75.0 cm³/mol. The number of β-amino-alcohol motifs (C(OH)–C–C–N with tert-alkyl or cyclic N) is 1. The zero-order valence-corrected chi connectivity index (χ0v) is 11.9. The highest BCUT2D eigenvalue weighted by Gasteiger charge is 2.24. The van der Waals surface area contributed by atoms with E-state index in [0.717, 1.165) is 32.8 Å². The molecular weight excluding hydrogens is 242 g/mol. The lowest BCUT2D eigenvalue weighted by Gasteiger charge is -2.34. The quantitative estimate of drug-likeness (QED) is 0.773. The molecule has 2 heterocycles. The van der Waals surface area contributed by atoms with Gasteiger partial charge in [0, 0.05) is 51.7 Å². The van der Waals surface area contributed by atoms with Gasteiger partial charge in [-0.1, -0.05) is 0 Å². The first kappa shape index (κ1) is 14.5. The van der Waals surface area contributed by atoms with Crippen LogP contribution in [0.2, 0.25) is 0 Å². The van der Waals surface area contributed by atoms with Crippen molar-refractivity contribution in [3.63, 3.8) is 0 Å². The Kier molecular flexibility index (Phi) is 4.99. The van der Waals surface area contributed by atoms with E-state index in [4.69, 9.17) is 4.74 Å². The minimum atomic E-state index is -0.706. The van der Waals surface area contributed by atoms with Crippen LogP contribution >= 0.6 is 0 Å². The highest BCUT2D eigenvalue weighted by molar-refractivity contribution is 5.06. The maximum absolute atomic E-state index is 10.4. The van der Waals surface area contributed by atoms with E-state index in [1.165, 1.54) is 5.69 Å². The minimum absolute atomic E-state index is 0.593. The van der Waals surface area contributed by atoms with E-state index >= 15 is 0 Å². The minimum Gasteiger partial charge on any atom is -0.388 e. The normalized spacial score (nSPS) is 20.4. The van der Waals surface area contributed by atoms with Gasteiger partial charge in [-0.3, -0.25) is 4.90 Å². The summed E-state index contributed by atoms with van der Waals surface area (Å²) >= 11 is 0. The summed E-state index contributed by atoms with van der Waals surface area (Å²) in [4.78, 5) is 2.26. The smallest absolute Gasteiger partial charge is 0.0869 e. The molecule has 1 atom stereocenters. The van der Waals surface area contributed by atoms with Crippen LogP contribution in [0.25, 0.3) is 0 Å². The van der Waals surface area contributed by atoms with E-state index in [0.29, 0.717) is 13.1 Å². The van der Waals surface area contributed by atoms with Crippen molar-refractivity contribution in [2.24, 2.45) is 7.05 Å². The number of morpholine rings is 1. The molecule has 0 bridgehead atoms. The van der Waals surface area contributed by atoms with Gasteiger partial charge in [0.1, 0.15) is 0 Å². The third-order valence-electron chi connectivity index (χ3n) is 3.53. The summed E-state index contributed by atoms with van der Waals surface area (Å²) in [6.45, 7) is 7.32. The van der Waals surface area contributed by atoms with E-state index in [1.807, 2.05) is 26.2 Å². The van der Waals surface area contributed by atoms with Gasteiger partial charge in [0.2, 0.25) is 0 Å². The molecule has 2 rings (SSSR count). The Morgan fingerprint density at radius 3 is 2.79 bits per heavy atom. The number of ether oxygens (including phenoxy) is 1. The van der Waals surface area contributed by atoms with Crippen molar-refractivity contribution in [1.82, 2.24) is 14.8 Å². The molecule has 1 unspecified atom stereocenters. The molecule has 19 heavy (non-hydrogen) atoms. The molecule has 5 heteroatoms. The first-order valence-corrected chi connectivity index (χ1v) is 6.90. The molecule has 1 aliphatic rings. The number of aliphatic hydroxyl groups is 1. The van der Waals surface area contributed by atoms with Gasteiger partial charge in [0.05, 0.1) is 18.8 Å². The first-order valence-electron chi connectivity index (χ1n) is 6.90. The van der Waals surface area contributed by atoms with Crippen LogP contribution in [-0.2, 0) is 18.3 Å². The van der Waals surface area contributed by atoms with Crippen molar-refractivity contribution in [2.75, 3.05) is 39.4 Å². The van der Waals surface area contributed by atoms with Gasteiger partial charge in [0.15, 0.2) is 0 Å². The Balaban J connectivity index is 1.72. The number of aromatic nitrogens is 1. The maximum Gasteiger partial charge on any atom is 0.0869 e. The monoisotopic (exact) mass is 267 g/mol. The molecule has 2 N–H and O–H groups in total. The second kappa shape index (κ2) is 6.52. The summed E-state index contributed by atoms with van der Waals surface area (Å²) in [5, 5.41) is 13.7. The van der Waals surface area contributed by atoms with Crippen LogP contribution in [0.5, 0.6) is 0 Å². The van der Waals surface area contributed by atoms with Crippen LogP contribution in [0.15, 0.2) is 18.3 Å². The lowest BCUT2D eigenvalue weighted by atomic mass is 10.1. The third kappa shape index (κ3) is 4.62. The number of nitrogens with one attached hydrogen (secondary N) is 1. The van der Waals surface area contributed by atoms with Crippen molar-refractivity contribution >= 4 is 0 Å². The van der Waals surface area contributed by atoms with E-state index in [-0.39, 0.29) is 0 Å². The largest absolute Gasteiger partial charge is 0.388 e. The number of rotatable bonds is 6. The molecule has 108 valence electrons. The number of hydrogen-bond acceptors (Lipinski definition) is 4. The van der Waals surface area contributed by atoms with Crippen molar-refractivity contribution in [3.05, 3.63) is 24.0 Å². The number of hydrogen-bond donors (Lipinski definition) is 2. The Morgan fingerprint density at radius 2 is 2.16 bits per heavy atom. The fourth-order valence-electron chi connectivity index (χ4n) is 2.44. The standard InChI is InChI=1S/C14H25N3O2/c1-14(18,12-17-6-8-19-9-7-17)11-15-10-13-4-3-5-16(13)2/h3-5,15,18H,6-12H2,1-2H3. The predicted octanol–water partition coefficient (Wildman–Crippen LogP) is 0.198. The fraction of sp³-hybridized carbons (Fsp3) is 0.714. The summed E-state index contributed by atoms with van der Waals surface area (Å²) in [7, 11) is 2.03. The van der Waals surface area contributed by atoms with Crippen LogP contribution in [0, 0.1) is 0 Å². The molecule has 0 aliphatic carbocycles. The molecule has 1 fully saturated rings. The third-order valence-corrected chi connectivity index (χ3v) is 3.53. The number of nitrogens with zero attached hydrogens (tertiary/aromatic N) is 2. The highest BCUT2D eigenvalue weighted by atomic mass is 16.5. The molecule has 0 aromatic carbocycles. The molecule has 1 saturated heterocycles.